The Morgan fingerprint density at radius 1 is 0.412 bits per heavy atom. The minimum atomic E-state index is -0.515. The molecular weight excluding hydrogens is 625 g/mol. The maximum Gasteiger partial charge on any atom is 0.170 e. The van der Waals surface area contributed by atoms with Gasteiger partial charge in [0.1, 0.15) is 0 Å². The van der Waals surface area contributed by atoms with Crippen LogP contribution in [0.15, 0.2) is 182 Å². The molecule has 1 aliphatic heterocycles. The molecule has 0 atom stereocenters. The Kier molecular flexibility index (Phi) is 7.29. The minimum Gasteiger partial charge on any atom is -0.450 e. The number of allylic oxidation sites excluding steroid dienone is 2. The molecule has 0 bridgehead atoms. The van der Waals surface area contributed by atoms with E-state index in [1.807, 2.05) is 72.8 Å². The van der Waals surface area contributed by atoms with Gasteiger partial charge in [-0.3, -0.25) is 0 Å². The smallest absolute Gasteiger partial charge is 0.170 e. The molecule has 242 valence electrons. The highest BCUT2D eigenvalue weighted by molar-refractivity contribution is 6.13. The van der Waals surface area contributed by atoms with Gasteiger partial charge in [-0.15, -0.1) is 0 Å². The summed E-state index contributed by atoms with van der Waals surface area (Å²) in [6, 6.07) is 57.9. The summed E-state index contributed by atoms with van der Waals surface area (Å²) in [6.07, 6.45) is 3.34. The van der Waals surface area contributed by atoms with Gasteiger partial charge in [0, 0.05) is 0 Å². The lowest BCUT2D eigenvalue weighted by Gasteiger charge is -2.34. The molecule has 1 aliphatic carbocycles. The van der Waals surface area contributed by atoms with Crippen LogP contribution in [0.2, 0.25) is 0 Å². The SMILES string of the molecule is N=C(/C=C\C(=N)c1ccc(-c2ccc3c(c2)Oc2cc4c(cc2O3)C(c2ccccc2)(c2ccccc2)c2ccccc2-4)cc1)c1ccccc1. The molecule has 0 spiro atoms. The van der Waals surface area contributed by atoms with E-state index in [1.165, 1.54) is 27.8 Å². The Labute approximate surface area is 296 Å². The van der Waals surface area contributed by atoms with Crippen molar-refractivity contribution in [2.45, 2.75) is 5.41 Å². The average Bonchev–Trinajstić information content (AvgIpc) is 3.48. The number of hydrogen-bond donors (Lipinski definition) is 2. The molecule has 0 saturated carbocycles. The molecule has 4 heteroatoms. The molecule has 0 fully saturated rings. The second kappa shape index (κ2) is 12.3. The van der Waals surface area contributed by atoms with E-state index in [1.54, 1.807) is 12.2 Å². The molecule has 0 radical (unpaired) electrons. The molecule has 4 nitrogen and oxygen atoms in total. The van der Waals surface area contributed by atoms with Gasteiger partial charge in [-0.1, -0.05) is 146 Å². The highest BCUT2D eigenvalue weighted by Gasteiger charge is 2.47. The minimum absolute atomic E-state index is 0.346. The number of benzene rings is 7. The lowest BCUT2D eigenvalue weighted by Crippen LogP contribution is -2.28. The lowest BCUT2D eigenvalue weighted by atomic mass is 9.67. The summed E-state index contributed by atoms with van der Waals surface area (Å²) >= 11 is 0. The molecule has 51 heavy (non-hydrogen) atoms. The van der Waals surface area contributed by atoms with E-state index in [4.69, 9.17) is 20.3 Å². The second-order valence-corrected chi connectivity index (χ2v) is 12.8. The molecule has 0 saturated heterocycles. The van der Waals surface area contributed by atoms with Crippen LogP contribution in [0.1, 0.15) is 33.4 Å². The van der Waals surface area contributed by atoms with E-state index in [-0.39, 0.29) is 0 Å². The van der Waals surface area contributed by atoms with Gasteiger partial charge in [0.15, 0.2) is 23.0 Å². The standard InChI is InChI=1S/C47H32N2O2/c48-41(32-12-4-1-5-13-32)25-26-42(49)33-22-20-31(21-23-33)34-24-27-43-44(28-34)51-45-29-38-37-18-10-11-19-39(37)47(35-14-6-2-7-15-35,36-16-8-3-9-17-36)40(38)30-46(45)50-43/h1-30,48-49H/b26-25-,48-41?,49-42?. The number of ether oxygens (including phenoxy) is 2. The van der Waals surface area contributed by atoms with Gasteiger partial charge in [-0.2, -0.15) is 0 Å². The summed E-state index contributed by atoms with van der Waals surface area (Å²) in [5, 5.41) is 16.9. The van der Waals surface area contributed by atoms with Crippen LogP contribution in [-0.2, 0) is 5.41 Å². The van der Waals surface area contributed by atoms with Gasteiger partial charge in [0.05, 0.1) is 16.8 Å². The first-order valence-electron chi connectivity index (χ1n) is 17.0. The molecular formula is C47H32N2O2. The van der Waals surface area contributed by atoms with E-state index in [0.29, 0.717) is 34.4 Å². The third-order valence-electron chi connectivity index (χ3n) is 9.94. The normalized spacial score (nSPS) is 13.3. The van der Waals surface area contributed by atoms with E-state index >= 15 is 0 Å². The van der Waals surface area contributed by atoms with Crippen molar-refractivity contribution >= 4 is 11.4 Å². The van der Waals surface area contributed by atoms with Crippen LogP contribution >= 0.6 is 0 Å². The largest absolute Gasteiger partial charge is 0.450 e. The van der Waals surface area contributed by atoms with Gasteiger partial charge in [0.25, 0.3) is 0 Å². The van der Waals surface area contributed by atoms with Crippen molar-refractivity contribution in [3.05, 3.63) is 215 Å². The third kappa shape index (κ3) is 5.08. The quantitative estimate of drug-likeness (QED) is 0.168. The Balaban J connectivity index is 1.04. The van der Waals surface area contributed by atoms with Crippen LogP contribution in [0, 0.1) is 10.8 Å². The van der Waals surface area contributed by atoms with Crippen molar-refractivity contribution in [2.75, 3.05) is 0 Å². The Hall–Kier alpha value is -6.78. The number of hydrogen-bond acceptors (Lipinski definition) is 4. The van der Waals surface area contributed by atoms with Crippen molar-refractivity contribution < 1.29 is 9.47 Å². The highest BCUT2D eigenvalue weighted by atomic mass is 16.6. The van der Waals surface area contributed by atoms with E-state index in [0.717, 1.165) is 27.8 Å². The molecule has 7 aromatic carbocycles. The summed E-state index contributed by atoms with van der Waals surface area (Å²) in [6.45, 7) is 0. The molecule has 2 aliphatic rings. The second-order valence-electron chi connectivity index (χ2n) is 12.8. The predicted molar refractivity (Wildman–Crippen MR) is 205 cm³/mol. The van der Waals surface area contributed by atoms with Crippen molar-refractivity contribution in [1.29, 1.82) is 10.8 Å². The van der Waals surface area contributed by atoms with Crippen LogP contribution in [0.4, 0.5) is 0 Å². The number of nitrogens with one attached hydrogen (secondary N) is 2. The topological polar surface area (TPSA) is 66.2 Å². The van der Waals surface area contributed by atoms with Crippen molar-refractivity contribution in [2.24, 2.45) is 0 Å². The Morgan fingerprint density at radius 2 is 0.922 bits per heavy atom. The van der Waals surface area contributed by atoms with Crippen molar-refractivity contribution in [3.8, 4) is 45.3 Å². The van der Waals surface area contributed by atoms with Gasteiger partial charge in [-0.25, -0.2) is 0 Å². The van der Waals surface area contributed by atoms with E-state index in [2.05, 4.69) is 97.1 Å². The zero-order chi connectivity index (χ0) is 34.4. The molecule has 0 amide bonds. The molecule has 0 aromatic heterocycles. The number of rotatable bonds is 7. The van der Waals surface area contributed by atoms with Crippen molar-refractivity contribution in [1.82, 2.24) is 0 Å². The fraction of sp³-hybridized carbons (Fsp3) is 0.0213. The molecule has 7 aromatic rings. The van der Waals surface area contributed by atoms with Crippen LogP contribution in [0.3, 0.4) is 0 Å². The first-order chi connectivity index (χ1) is 25.1. The summed E-state index contributed by atoms with van der Waals surface area (Å²) in [5.41, 5.74) is 10.9. The fourth-order valence-electron chi connectivity index (χ4n) is 7.52. The van der Waals surface area contributed by atoms with Gasteiger partial charge in [0.2, 0.25) is 0 Å². The van der Waals surface area contributed by atoms with Crippen LogP contribution in [0.5, 0.6) is 23.0 Å². The highest BCUT2D eigenvalue weighted by Crippen LogP contribution is 2.59. The van der Waals surface area contributed by atoms with Gasteiger partial charge in [-0.05, 0) is 92.1 Å². The monoisotopic (exact) mass is 656 g/mol. The number of fused-ring (bicyclic) bond motifs is 5. The average molecular weight is 657 g/mol. The first-order valence-corrected chi connectivity index (χ1v) is 17.0. The Bertz CT molecular complexity index is 2450. The summed E-state index contributed by atoms with van der Waals surface area (Å²) in [7, 11) is 0. The van der Waals surface area contributed by atoms with Gasteiger partial charge >= 0.3 is 0 Å². The molecule has 1 heterocycles. The molecule has 2 N–H and O–H groups in total. The third-order valence-corrected chi connectivity index (χ3v) is 9.94. The Morgan fingerprint density at radius 3 is 1.59 bits per heavy atom. The van der Waals surface area contributed by atoms with Gasteiger partial charge < -0.3 is 20.3 Å². The van der Waals surface area contributed by atoms with E-state index in [9.17, 15) is 0 Å². The lowest BCUT2D eigenvalue weighted by molar-refractivity contribution is 0.359. The summed E-state index contributed by atoms with van der Waals surface area (Å²) in [5.74, 6) is 2.69. The maximum atomic E-state index is 8.55. The van der Waals surface area contributed by atoms with E-state index < -0.39 is 5.41 Å². The van der Waals surface area contributed by atoms with Crippen LogP contribution < -0.4 is 9.47 Å². The predicted octanol–water partition coefficient (Wildman–Crippen LogP) is 11.6. The van der Waals surface area contributed by atoms with Crippen molar-refractivity contribution in [3.63, 3.8) is 0 Å². The zero-order valence-corrected chi connectivity index (χ0v) is 27.6. The van der Waals surface area contributed by atoms with Crippen LogP contribution in [0.25, 0.3) is 22.3 Å². The maximum absolute atomic E-state index is 8.55. The first kappa shape index (κ1) is 30.3. The molecule has 0 unspecified atom stereocenters. The summed E-state index contributed by atoms with van der Waals surface area (Å²) < 4.78 is 13.2. The fourth-order valence-corrected chi connectivity index (χ4v) is 7.52. The molecule has 9 rings (SSSR count). The van der Waals surface area contributed by atoms with Crippen LogP contribution in [-0.4, -0.2) is 11.4 Å². The summed E-state index contributed by atoms with van der Waals surface area (Å²) in [4.78, 5) is 0. The zero-order valence-electron chi connectivity index (χ0n) is 27.6.